The van der Waals surface area contributed by atoms with Crippen LogP contribution in [-0.2, 0) is 13.6 Å². The highest BCUT2D eigenvalue weighted by atomic mass is 79.9. The molecule has 0 amide bonds. The van der Waals surface area contributed by atoms with Crippen LogP contribution >= 0.6 is 27.3 Å². The van der Waals surface area contributed by atoms with Gasteiger partial charge in [-0.15, -0.1) is 11.3 Å². The fraction of sp³-hybridized carbons (Fsp3) is 0.286. The predicted octanol–water partition coefficient (Wildman–Crippen LogP) is 0.849. The van der Waals surface area contributed by atoms with Crippen LogP contribution in [0.5, 0.6) is 0 Å². The summed E-state index contributed by atoms with van der Waals surface area (Å²) < 4.78 is 4.03. The molecule has 14 heavy (non-hydrogen) atoms. The van der Waals surface area contributed by atoms with Crippen LogP contribution in [0.1, 0.15) is 4.88 Å². The van der Waals surface area contributed by atoms with Gasteiger partial charge in [-0.1, -0.05) is 0 Å². The van der Waals surface area contributed by atoms with Crippen LogP contribution in [0, 0.1) is 0 Å². The average molecular weight is 275 g/mol. The molecule has 0 aliphatic heterocycles. The molecule has 5 nitrogen and oxygen atoms in total. The van der Waals surface area contributed by atoms with Gasteiger partial charge in [0, 0.05) is 18.1 Å². The highest BCUT2D eigenvalue weighted by Crippen LogP contribution is 2.18. The van der Waals surface area contributed by atoms with E-state index in [0.29, 0.717) is 6.54 Å². The van der Waals surface area contributed by atoms with Crippen molar-refractivity contribution in [3.8, 4) is 0 Å². The Morgan fingerprint density at radius 3 is 2.86 bits per heavy atom. The van der Waals surface area contributed by atoms with Crippen molar-refractivity contribution in [1.82, 2.24) is 19.3 Å². The van der Waals surface area contributed by atoms with E-state index in [1.54, 1.807) is 22.6 Å². The number of rotatable bonds is 2. The Balaban J connectivity index is 2.31. The molecule has 2 aromatic heterocycles. The molecule has 0 saturated carbocycles. The lowest BCUT2D eigenvalue weighted by atomic mass is 10.5. The third-order valence-electron chi connectivity index (χ3n) is 1.77. The summed E-state index contributed by atoms with van der Waals surface area (Å²) in [6.45, 7) is 0.513. The summed E-state index contributed by atoms with van der Waals surface area (Å²) in [6.07, 6.45) is 3.24. The summed E-state index contributed by atoms with van der Waals surface area (Å²) >= 11 is 4.78. The van der Waals surface area contributed by atoms with Gasteiger partial charge >= 0.3 is 5.69 Å². The molecule has 2 heterocycles. The Hall–Kier alpha value is -0.950. The van der Waals surface area contributed by atoms with Gasteiger partial charge < -0.3 is 0 Å². The zero-order valence-corrected chi connectivity index (χ0v) is 9.75. The minimum atomic E-state index is -0.239. The van der Waals surface area contributed by atoms with Crippen LogP contribution in [0.2, 0.25) is 0 Å². The summed E-state index contributed by atoms with van der Waals surface area (Å²) in [4.78, 5) is 20.0. The molecule has 0 aliphatic carbocycles. The van der Waals surface area contributed by atoms with Gasteiger partial charge in [0.1, 0.15) is 6.33 Å². The van der Waals surface area contributed by atoms with Crippen molar-refractivity contribution < 1.29 is 0 Å². The van der Waals surface area contributed by atoms with E-state index in [4.69, 9.17) is 0 Å². The molecular weight excluding hydrogens is 268 g/mol. The number of hydrogen-bond donors (Lipinski definition) is 0. The molecule has 74 valence electrons. The normalized spacial score (nSPS) is 10.7. The quantitative estimate of drug-likeness (QED) is 0.816. The Morgan fingerprint density at radius 1 is 1.57 bits per heavy atom. The van der Waals surface area contributed by atoms with Crippen LogP contribution in [0.25, 0.3) is 0 Å². The lowest BCUT2D eigenvalue weighted by molar-refractivity contribution is 0.538. The van der Waals surface area contributed by atoms with Crippen LogP contribution in [0.15, 0.2) is 21.2 Å². The van der Waals surface area contributed by atoms with E-state index in [1.807, 2.05) is 0 Å². The molecule has 0 bridgehead atoms. The Bertz CT molecular complexity index is 500. The van der Waals surface area contributed by atoms with Gasteiger partial charge in [0.2, 0.25) is 0 Å². The molecule has 0 aliphatic rings. The molecule has 0 aromatic carbocycles. The Morgan fingerprint density at radius 2 is 2.36 bits per heavy atom. The van der Waals surface area contributed by atoms with Gasteiger partial charge in [-0.25, -0.2) is 14.5 Å². The van der Waals surface area contributed by atoms with Gasteiger partial charge in [-0.3, -0.25) is 4.68 Å². The highest BCUT2D eigenvalue weighted by Gasteiger charge is 2.05. The summed E-state index contributed by atoms with van der Waals surface area (Å²) in [5.74, 6) is 0. The molecule has 2 rings (SSSR count). The number of halogens is 1. The van der Waals surface area contributed by atoms with Crippen molar-refractivity contribution in [2.75, 3.05) is 0 Å². The van der Waals surface area contributed by atoms with Crippen LogP contribution in [-0.4, -0.2) is 19.3 Å². The molecule has 0 saturated heterocycles. The first-order chi connectivity index (χ1) is 6.66. The number of nitrogens with zero attached hydrogens (tertiary/aromatic N) is 4. The third-order valence-corrected chi connectivity index (χ3v) is 3.23. The van der Waals surface area contributed by atoms with E-state index >= 15 is 0 Å². The van der Waals surface area contributed by atoms with E-state index in [2.05, 4.69) is 25.9 Å². The van der Waals surface area contributed by atoms with Crippen molar-refractivity contribution in [2.24, 2.45) is 7.05 Å². The number of aromatic nitrogens is 4. The van der Waals surface area contributed by atoms with E-state index in [0.717, 1.165) is 8.79 Å². The SMILES string of the molecule is Cn1cnc(=O)n1Cc1cnc(Br)s1. The number of aryl methyl sites for hydroxylation is 1. The van der Waals surface area contributed by atoms with Crippen molar-refractivity contribution in [3.05, 3.63) is 31.8 Å². The minimum Gasteiger partial charge on any atom is -0.273 e. The molecule has 0 spiro atoms. The van der Waals surface area contributed by atoms with Gasteiger partial charge in [-0.05, 0) is 15.9 Å². The van der Waals surface area contributed by atoms with Gasteiger partial charge in [-0.2, -0.15) is 4.98 Å². The Labute approximate surface area is 92.1 Å². The predicted molar refractivity (Wildman–Crippen MR) is 56.4 cm³/mol. The molecule has 0 atom stereocenters. The van der Waals surface area contributed by atoms with E-state index in [-0.39, 0.29) is 5.69 Å². The summed E-state index contributed by atoms with van der Waals surface area (Å²) in [7, 11) is 1.78. The second-order valence-corrected chi connectivity index (χ2v) is 5.13. The summed E-state index contributed by atoms with van der Waals surface area (Å²) in [5, 5.41) is 0. The third kappa shape index (κ3) is 1.78. The second-order valence-electron chi connectivity index (χ2n) is 2.74. The smallest absolute Gasteiger partial charge is 0.273 e. The average Bonchev–Trinajstić information content (AvgIpc) is 2.67. The molecule has 0 fully saturated rings. The highest BCUT2D eigenvalue weighted by molar-refractivity contribution is 9.11. The molecule has 0 radical (unpaired) electrons. The zero-order chi connectivity index (χ0) is 10.1. The standard InChI is InChI=1S/C7H7BrN4OS/c1-11-4-10-7(13)12(11)3-5-2-9-6(8)14-5/h2,4H,3H2,1H3. The number of hydrogen-bond acceptors (Lipinski definition) is 4. The Kier molecular flexibility index (Phi) is 2.51. The summed E-state index contributed by atoms with van der Waals surface area (Å²) in [5.41, 5.74) is -0.239. The minimum absolute atomic E-state index is 0.239. The van der Waals surface area contributed by atoms with Gasteiger partial charge in [0.15, 0.2) is 3.92 Å². The fourth-order valence-electron chi connectivity index (χ4n) is 1.08. The molecule has 2 aromatic rings. The first-order valence-electron chi connectivity index (χ1n) is 3.85. The molecule has 0 unspecified atom stereocenters. The topological polar surface area (TPSA) is 52.7 Å². The van der Waals surface area contributed by atoms with Crippen molar-refractivity contribution in [3.63, 3.8) is 0 Å². The molecular formula is C7H7BrN4OS. The van der Waals surface area contributed by atoms with Crippen molar-refractivity contribution >= 4 is 27.3 Å². The van der Waals surface area contributed by atoms with Crippen LogP contribution in [0.4, 0.5) is 0 Å². The molecule has 7 heteroatoms. The lowest BCUT2D eigenvalue weighted by Gasteiger charge is -2.01. The van der Waals surface area contributed by atoms with E-state index in [9.17, 15) is 4.79 Å². The second kappa shape index (κ2) is 3.66. The first kappa shape index (κ1) is 9.60. The maximum Gasteiger partial charge on any atom is 0.364 e. The monoisotopic (exact) mass is 274 g/mol. The maximum absolute atomic E-state index is 11.3. The van der Waals surface area contributed by atoms with Crippen molar-refractivity contribution in [2.45, 2.75) is 6.54 Å². The lowest BCUT2D eigenvalue weighted by Crippen LogP contribution is -2.22. The fourth-order valence-corrected chi connectivity index (χ4v) is 2.42. The molecule has 0 N–H and O–H groups in total. The largest absolute Gasteiger partial charge is 0.364 e. The van der Waals surface area contributed by atoms with Crippen molar-refractivity contribution in [1.29, 1.82) is 0 Å². The maximum atomic E-state index is 11.3. The van der Waals surface area contributed by atoms with Gasteiger partial charge in [0.25, 0.3) is 0 Å². The van der Waals surface area contributed by atoms with Crippen LogP contribution in [0.3, 0.4) is 0 Å². The zero-order valence-electron chi connectivity index (χ0n) is 7.35. The van der Waals surface area contributed by atoms with E-state index < -0.39 is 0 Å². The van der Waals surface area contributed by atoms with Crippen LogP contribution < -0.4 is 5.69 Å². The van der Waals surface area contributed by atoms with E-state index in [1.165, 1.54) is 17.7 Å². The summed E-state index contributed by atoms with van der Waals surface area (Å²) in [6, 6.07) is 0. The first-order valence-corrected chi connectivity index (χ1v) is 5.46. The van der Waals surface area contributed by atoms with Gasteiger partial charge in [0.05, 0.1) is 6.54 Å². The number of thiazole rings is 1.